The van der Waals surface area contributed by atoms with Crippen LogP contribution >= 0.6 is 0 Å². The Bertz CT molecular complexity index is 1300. The van der Waals surface area contributed by atoms with Crippen molar-refractivity contribution in [2.24, 2.45) is 0 Å². The Morgan fingerprint density at radius 2 is 1.45 bits per heavy atom. The van der Waals surface area contributed by atoms with E-state index in [4.69, 9.17) is 0 Å². The van der Waals surface area contributed by atoms with Gasteiger partial charge in [0.25, 0.3) is 11.8 Å². The first kappa shape index (κ1) is 22.0. The number of nitrogens with zero attached hydrogens (tertiary/aromatic N) is 1. The molecule has 0 saturated carbocycles. The maximum atomic E-state index is 13.5. The summed E-state index contributed by atoms with van der Waals surface area (Å²) in [6, 6.07) is 17.6. The number of rotatable bonds is 5. The highest BCUT2D eigenvalue weighted by atomic mass is 19.1. The minimum atomic E-state index is -0.506. The molecular formula is C26H22FN3O3. The number of halogens is 1. The highest BCUT2D eigenvalue weighted by molar-refractivity contribution is 6.46. The Hall–Kier alpha value is -4.26. The molecule has 0 bridgehead atoms. The lowest BCUT2D eigenvalue weighted by molar-refractivity contribution is -0.120. The molecule has 1 aliphatic heterocycles. The number of nitrogens with one attached hydrogen (secondary N) is 2. The molecule has 0 atom stereocenters. The second-order valence-electron chi connectivity index (χ2n) is 7.85. The minimum absolute atomic E-state index is 0.0945. The van der Waals surface area contributed by atoms with E-state index in [1.165, 1.54) is 31.2 Å². The highest BCUT2D eigenvalue weighted by Gasteiger charge is 2.40. The van der Waals surface area contributed by atoms with Crippen molar-refractivity contribution in [2.75, 3.05) is 15.5 Å². The molecule has 3 aromatic rings. The van der Waals surface area contributed by atoms with Crippen LogP contribution < -0.4 is 15.5 Å². The molecule has 2 N–H and O–H groups in total. The van der Waals surface area contributed by atoms with Gasteiger partial charge in [0, 0.05) is 18.3 Å². The first-order valence-electron chi connectivity index (χ1n) is 10.4. The quantitative estimate of drug-likeness (QED) is 0.556. The van der Waals surface area contributed by atoms with E-state index in [0.29, 0.717) is 22.6 Å². The fourth-order valence-electron chi connectivity index (χ4n) is 3.61. The van der Waals surface area contributed by atoms with Crippen LogP contribution in [-0.2, 0) is 14.4 Å². The van der Waals surface area contributed by atoms with Gasteiger partial charge in [-0.1, -0.05) is 18.2 Å². The average molecular weight is 443 g/mol. The number of imide groups is 1. The third-order valence-corrected chi connectivity index (χ3v) is 5.44. The lowest BCUT2D eigenvalue weighted by Gasteiger charge is -2.17. The van der Waals surface area contributed by atoms with Crippen molar-refractivity contribution in [1.82, 2.24) is 0 Å². The summed E-state index contributed by atoms with van der Waals surface area (Å²) in [7, 11) is 0. The van der Waals surface area contributed by atoms with Gasteiger partial charge in [-0.15, -0.1) is 0 Å². The number of aryl methyl sites for hydroxylation is 2. The van der Waals surface area contributed by atoms with Crippen molar-refractivity contribution in [3.8, 4) is 0 Å². The van der Waals surface area contributed by atoms with E-state index in [-0.39, 0.29) is 17.2 Å². The second kappa shape index (κ2) is 8.70. The van der Waals surface area contributed by atoms with Gasteiger partial charge in [0.05, 0.1) is 11.3 Å². The zero-order valence-electron chi connectivity index (χ0n) is 18.4. The van der Waals surface area contributed by atoms with Crippen LogP contribution in [0.25, 0.3) is 5.57 Å². The molecule has 166 valence electrons. The molecule has 4 rings (SSSR count). The fraction of sp³-hybridized carbons (Fsp3) is 0.115. The molecule has 33 heavy (non-hydrogen) atoms. The zero-order chi connectivity index (χ0) is 23.7. The maximum absolute atomic E-state index is 13.5. The number of hydrogen-bond donors (Lipinski definition) is 2. The largest absolute Gasteiger partial charge is 0.350 e. The summed E-state index contributed by atoms with van der Waals surface area (Å²) in [4.78, 5) is 39.2. The number of benzene rings is 3. The lowest BCUT2D eigenvalue weighted by Crippen LogP contribution is -2.32. The minimum Gasteiger partial charge on any atom is -0.350 e. The summed E-state index contributed by atoms with van der Waals surface area (Å²) in [5, 5.41) is 5.73. The number of hydrogen-bond acceptors (Lipinski definition) is 4. The van der Waals surface area contributed by atoms with Crippen molar-refractivity contribution < 1.29 is 18.8 Å². The first-order valence-corrected chi connectivity index (χ1v) is 10.4. The van der Waals surface area contributed by atoms with Gasteiger partial charge in [-0.2, -0.15) is 0 Å². The SMILES string of the molecule is CC(=O)Nc1ccc(NC2=C(c3ccc(F)cc3)C(=O)N(c3ccc(C)c(C)c3)C2=O)cc1. The van der Waals surface area contributed by atoms with E-state index in [9.17, 15) is 18.8 Å². The summed E-state index contributed by atoms with van der Waals surface area (Å²) in [6.07, 6.45) is 0. The standard InChI is InChI=1S/C26H22FN3O3/c1-15-4-13-22(14-16(15)2)30-25(32)23(18-5-7-19(27)8-6-18)24(26(30)33)29-21-11-9-20(10-12-21)28-17(3)31/h4-14,29H,1-3H3,(H,28,31). The van der Waals surface area contributed by atoms with Crippen LogP contribution in [0.5, 0.6) is 0 Å². The Morgan fingerprint density at radius 3 is 2.06 bits per heavy atom. The number of carbonyl (C=O) groups is 3. The Morgan fingerprint density at radius 1 is 0.818 bits per heavy atom. The predicted molar refractivity (Wildman–Crippen MR) is 126 cm³/mol. The van der Waals surface area contributed by atoms with Gasteiger partial charge < -0.3 is 10.6 Å². The Labute approximate surface area is 190 Å². The molecule has 0 radical (unpaired) electrons. The average Bonchev–Trinajstić information content (AvgIpc) is 3.01. The van der Waals surface area contributed by atoms with Gasteiger partial charge in [0.1, 0.15) is 11.5 Å². The second-order valence-corrected chi connectivity index (χ2v) is 7.85. The smallest absolute Gasteiger partial charge is 0.282 e. The topological polar surface area (TPSA) is 78.5 Å². The summed E-state index contributed by atoms with van der Waals surface area (Å²) in [6.45, 7) is 5.27. The normalized spacial score (nSPS) is 13.5. The molecular weight excluding hydrogens is 421 g/mol. The lowest BCUT2D eigenvalue weighted by atomic mass is 10.0. The highest BCUT2D eigenvalue weighted by Crippen LogP contribution is 2.34. The fourth-order valence-corrected chi connectivity index (χ4v) is 3.61. The van der Waals surface area contributed by atoms with E-state index in [2.05, 4.69) is 10.6 Å². The molecule has 0 aromatic heterocycles. The van der Waals surface area contributed by atoms with Crippen molar-refractivity contribution >= 4 is 40.4 Å². The Kier molecular flexibility index (Phi) is 5.79. The number of carbonyl (C=O) groups excluding carboxylic acids is 3. The summed E-state index contributed by atoms with van der Waals surface area (Å²) in [5.41, 5.74) is 4.30. The summed E-state index contributed by atoms with van der Waals surface area (Å²) >= 11 is 0. The molecule has 0 fully saturated rings. The van der Waals surface area contributed by atoms with Crippen LogP contribution in [0.1, 0.15) is 23.6 Å². The number of amides is 3. The van der Waals surface area contributed by atoms with Gasteiger partial charge in [-0.3, -0.25) is 14.4 Å². The van der Waals surface area contributed by atoms with Gasteiger partial charge in [-0.05, 0) is 79.1 Å². The van der Waals surface area contributed by atoms with Crippen LogP contribution in [0, 0.1) is 19.7 Å². The van der Waals surface area contributed by atoms with Crippen LogP contribution in [0.4, 0.5) is 21.5 Å². The summed E-state index contributed by atoms with van der Waals surface area (Å²) in [5.74, 6) is -1.64. The van der Waals surface area contributed by atoms with Crippen molar-refractivity contribution in [2.45, 2.75) is 20.8 Å². The van der Waals surface area contributed by atoms with E-state index in [1.54, 1.807) is 36.4 Å². The third kappa shape index (κ3) is 4.39. The van der Waals surface area contributed by atoms with E-state index < -0.39 is 17.6 Å². The van der Waals surface area contributed by atoms with Crippen LogP contribution in [0.15, 0.2) is 72.4 Å². The maximum Gasteiger partial charge on any atom is 0.282 e. The van der Waals surface area contributed by atoms with E-state index in [0.717, 1.165) is 16.0 Å². The van der Waals surface area contributed by atoms with Crippen LogP contribution in [-0.4, -0.2) is 17.7 Å². The van der Waals surface area contributed by atoms with Crippen molar-refractivity contribution in [3.63, 3.8) is 0 Å². The first-order chi connectivity index (χ1) is 15.7. The van der Waals surface area contributed by atoms with E-state index in [1.807, 2.05) is 19.9 Å². The van der Waals surface area contributed by atoms with Crippen molar-refractivity contribution in [3.05, 3.63) is 94.9 Å². The Balaban J connectivity index is 1.75. The summed E-state index contributed by atoms with van der Waals surface area (Å²) < 4.78 is 13.5. The molecule has 7 heteroatoms. The third-order valence-electron chi connectivity index (χ3n) is 5.44. The molecule has 0 aliphatic carbocycles. The van der Waals surface area contributed by atoms with Crippen LogP contribution in [0.3, 0.4) is 0 Å². The zero-order valence-corrected chi connectivity index (χ0v) is 18.4. The van der Waals surface area contributed by atoms with Gasteiger partial charge in [-0.25, -0.2) is 9.29 Å². The van der Waals surface area contributed by atoms with Gasteiger partial charge in [0.15, 0.2) is 0 Å². The molecule has 0 spiro atoms. The number of anilines is 3. The van der Waals surface area contributed by atoms with Crippen molar-refractivity contribution in [1.29, 1.82) is 0 Å². The molecule has 3 aromatic carbocycles. The molecule has 3 amide bonds. The van der Waals surface area contributed by atoms with Gasteiger partial charge >= 0.3 is 0 Å². The van der Waals surface area contributed by atoms with Gasteiger partial charge in [0.2, 0.25) is 5.91 Å². The molecule has 0 saturated heterocycles. The van der Waals surface area contributed by atoms with Crippen LogP contribution in [0.2, 0.25) is 0 Å². The molecule has 6 nitrogen and oxygen atoms in total. The molecule has 1 aliphatic rings. The molecule has 1 heterocycles. The predicted octanol–water partition coefficient (Wildman–Crippen LogP) is 4.80. The monoisotopic (exact) mass is 443 g/mol. The van der Waals surface area contributed by atoms with E-state index >= 15 is 0 Å². The molecule has 0 unspecified atom stereocenters.